The van der Waals surface area contributed by atoms with Gasteiger partial charge in [-0.3, -0.25) is 4.79 Å². The molecule has 6 heterocycles. The Labute approximate surface area is 461 Å². The van der Waals surface area contributed by atoms with E-state index in [1.54, 1.807) is 30.3 Å². The van der Waals surface area contributed by atoms with Gasteiger partial charge in [0.2, 0.25) is 0 Å². The summed E-state index contributed by atoms with van der Waals surface area (Å²) in [4.78, 5) is 41.2. The molecule has 77 heavy (non-hydrogen) atoms. The molecule has 404 valence electrons. The number of aliphatic carboxylic acids is 1. The number of hydrogen-bond donors (Lipinski definition) is 5. The van der Waals surface area contributed by atoms with Crippen molar-refractivity contribution in [3.05, 3.63) is 151 Å². The van der Waals surface area contributed by atoms with Crippen LogP contribution in [-0.2, 0) is 32.5 Å². The number of likely N-dealkylation sites (tertiary alicyclic amines) is 2. The molecule has 4 aliphatic heterocycles. The summed E-state index contributed by atoms with van der Waals surface area (Å²) in [5.41, 5.74) is 11.9. The number of oxime groups is 2. The topological polar surface area (TPSA) is 201 Å². The number of aliphatic hydroxyl groups is 2. The van der Waals surface area contributed by atoms with Crippen LogP contribution in [0.5, 0.6) is 11.5 Å². The van der Waals surface area contributed by atoms with Crippen LogP contribution in [0.25, 0.3) is 20.9 Å². The van der Waals surface area contributed by atoms with E-state index in [1.165, 1.54) is 41.2 Å². The van der Waals surface area contributed by atoms with E-state index in [0.29, 0.717) is 39.7 Å². The number of hydrogen-bond acceptors (Lipinski definition) is 15. The van der Waals surface area contributed by atoms with E-state index < -0.39 is 47.8 Å². The summed E-state index contributed by atoms with van der Waals surface area (Å²) < 4.78 is 41.1. The van der Waals surface area contributed by atoms with Gasteiger partial charge in [-0.1, -0.05) is 69.9 Å². The molecule has 0 radical (unpaired) electrons. The molecule has 0 unspecified atom stereocenters. The van der Waals surface area contributed by atoms with Crippen molar-refractivity contribution in [2.45, 2.75) is 88.2 Å². The highest BCUT2D eigenvalue weighted by Gasteiger charge is 2.33. The average molecular weight is 1130 g/mol. The minimum Gasteiger partial charge on any atom is -0.487 e. The second kappa shape index (κ2) is 24.3. The lowest BCUT2D eigenvalue weighted by atomic mass is 9.97. The number of carboxylic acids is 1. The van der Waals surface area contributed by atoms with Crippen molar-refractivity contribution in [3.8, 4) is 32.4 Å². The van der Waals surface area contributed by atoms with E-state index in [2.05, 4.69) is 25.4 Å². The smallest absolute Gasteiger partial charge is 0.358 e. The summed E-state index contributed by atoms with van der Waals surface area (Å²) in [6.45, 7) is 5.41. The molecule has 2 aromatic heterocycles. The second-order valence-electron chi connectivity index (χ2n) is 19.6. The minimum absolute atomic E-state index is 0.0583. The first-order valence-corrected chi connectivity index (χ1v) is 27.8. The van der Waals surface area contributed by atoms with Gasteiger partial charge in [0.15, 0.2) is 34.6 Å². The van der Waals surface area contributed by atoms with Crippen LogP contribution in [0.3, 0.4) is 0 Å². The number of carbonyl (C=O) groups is 2. The van der Waals surface area contributed by atoms with Gasteiger partial charge in [0.1, 0.15) is 19.3 Å². The summed E-state index contributed by atoms with van der Waals surface area (Å²) in [5.74, 6) is -2.06. The average Bonchev–Trinajstić information content (AvgIpc) is 4.33. The number of carboxylic acid groups (broad SMARTS) is 1. The van der Waals surface area contributed by atoms with Crippen molar-refractivity contribution in [3.63, 3.8) is 0 Å². The normalized spacial score (nSPS) is 18.2. The molecular formula is C56H56Cl2F2N6O9S2. The fourth-order valence-electron chi connectivity index (χ4n) is 8.95. The lowest BCUT2D eigenvalue weighted by Crippen LogP contribution is -2.52. The number of amides is 1. The SMILES string of the molecule is N[C@H](CN1CCC1)[C@H](O)c1ccc(OC2CC2)c(F)c1.O=C(N[C@H](CN1CCC1)[C@H](O)c1ccc(OC2CC2)c(F)c1)C1=NOCc2cc(-c3ccc(Cl)s3)ccc21.O=C(O)C1=NOCc2cc(-c3ccc(Cl)s3)ccc21. The lowest BCUT2D eigenvalue weighted by Gasteiger charge is -2.36. The molecule has 6 N–H and O–H groups in total. The largest absolute Gasteiger partial charge is 0.487 e. The lowest BCUT2D eigenvalue weighted by molar-refractivity contribution is -0.129. The number of benzene rings is 4. The van der Waals surface area contributed by atoms with Gasteiger partial charge in [-0.15, -0.1) is 22.7 Å². The third kappa shape index (κ3) is 13.6. The summed E-state index contributed by atoms with van der Waals surface area (Å²) in [5, 5.41) is 41.1. The van der Waals surface area contributed by atoms with Crippen LogP contribution >= 0.6 is 45.9 Å². The Morgan fingerprint density at radius 3 is 1.60 bits per heavy atom. The van der Waals surface area contributed by atoms with Crippen molar-refractivity contribution >= 4 is 69.2 Å². The molecule has 4 atom stereocenters. The Kier molecular flexibility index (Phi) is 17.2. The van der Waals surface area contributed by atoms with Crippen molar-refractivity contribution in [2.75, 3.05) is 39.3 Å². The van der Waals surface area contributed by atoms with Crippen LogP contribution in [0.2, 0.25) is 8.67 Å². The highest BCUT2D eigenvalue weighted by Crippen LogP contribution is 2.36. The third-order valence-corrected chi connectivity index (χ3v) is 16.3. The summed E-state index contributed by atoms with van der Waals surface area (Å²) >= 11 is 15.0. The van der Waals surface area contributed by atoms with Gasteiger partial charge < -0.3 is 55.3 Å². The molecule has 0 bridgehead atoms. The maximum atomic E-state index is 14.7. The van der Waals surface area contributed by atoms with E-state index in [-0.39, 0.29) is 48.3 Å². The molecule has 6 aliphatic rings. The second-order valence-corrected chi connectivity index (χ2v) is 23.1. The Morgan fingerprint density at radius 2 is 1.16 bits per heavy atom. The van der Waals surface area contributed by atoms with Crippen LogP contribution in [0.1, 0.15) is 84.1 Å². The molecule has 4 fully saturated rings. The zero-order chi connectivity index (χ0) is 53.7. The van der Waals surface area contributed by atoms with Gasteiger partial charge in [0, 0.05) is 51.1 Å². The van der Waals surface area contributed by atoms with E-state index in [4.69, 9.17) is 53.2 Å². The highest BCUT2D eigenvalue weighted by molar-refractivity contribution is 7.19. The van der Waals surface area contributed by atoms with Crippen LogP contribution in [0, 0.1) is 11.6 Å². The van der Waals surface area contributed by atoms with Gasteiger partial charge in [-0.25, -0.2) is 13.6 Å². The van der Waals surface area contributed by atoms with Gasteiger partial charge in [0.05, 0.1) is 33.0 Å². The molecule has 0 spiro atoms. The Hall–Kier alpha value is -6.00. The number of nitrogens with zero attached hydrogens (tertiary/aromatic N) is 4. The fraction of sp³-hybridized carbons (Fsp3) is 0.357. The minimum atomic E-state index is -1.13. The first-order valence-electron chi connectivity index (χ1n) is 25.4. The van der Waals surface area contributed by atoms with E-state index in [0.717, 1.165) is 94.6 Å². The van der Waals surface area contributed by atoms with Gasteiger partial charge in [-0.2, -0.15) is 0 Å². The molecule has 2 aliphatic carbocycles. The number of ether oxygens (including phenoxy) is 2. The molecule has 6 aromatic rings. The predicted octanol–water partition coefficient (Wildman–Crippen LogP) is 9.73. The first-order chi connectivity index (χ1) is 37.2. The van der Waals surface area contributed by atoms with Crippen LogP contribution in [0.4, 0.5) is 8.78 Å². The molecular weight excluding hydrogens is 1070 g/mol. The van der Waals surface area contributed by atoms with Crippen LogP contribution in [0.15, 0.2) is 107 Å². The van der Waals surface area contributed by atoms with E-state index in [9.17, 15) is 28.6 Å². The first kappa shape index (κ1) is 54.4. The zero-order valence-electron chi connectivity index (χ0n) is 41.6. The molecule has 2 saturated carbocycles. The number of fused-ring (bicyclic) bond motifs is 2. The fourth-order valence-corrected chi connectivity index (χ4v) is 11.0. The Balaban J connectivity index is 0.000000145. The maximum Gasteiger partial charge on any atom is 0.358 e. The van der Waals surface area contributed by atoms with E-state index >= 15 is 0 Å². The number of carbonyl (C=O) groups excluding carboxylic acids is 1. The monoisotopic (exact) mass is 1130 g/mol. The number of aliphatic hydroxyl groups excluding tert-OH is 2. The molecule has 15 nitrogen and oxygen atoms in total. The summed E-state index contributed by atoms with van der Waals surface area (Å²) in [6, 6.07) is 26.9. The number of halogens is 4. The number of rotatable bonds is 17. The van der Waals surface area contributed by atoms with Gasteiger partial charge >= 0.3 is 5.97 Å². The Bertz CT molecular complexity index is 3180. The quantitative estimate of drug-likeness (QED) is 0.0580. The maximum absolute atomic E-state index is 14.7. The number of nitrogens with one attached hydrogen (secondary N) is 1. The van der Waals surface area contributed by atoms with Crippen molar-refractivity contribution in [1.29, 1.82) is 0 Å². The third-order valence-electron chi connectivity index (χ3n) is 13.8. The van der Waals surface area contributed by atoms with Crippen molar-refractivity contribution < 1.29 is 52.8 Å². The zero-order valence-corrected chi connectivity index (χ0v) is 44.7. The van der Waals surface area contributed by atoms with Crippen molar-refractivity contribution in [1.82, 2.24) is 15.1 Å². The molecule has 12 rings (SSSR count). The molecule has 1 amide bonds. The standard InChI is InChI=1S/C28H27ClFN3O4S.C15H21FN2O2.C13H8ClNO3S/c29-25-9-8-24(38-25)16-2-6-20-18(12-16)15-36-32-26(20)28(35)31-22(14-33-10-1-11-33)27(34)17-3-7-23(21(30)13-17)37-19-4-5-19;16-12-8-10(2-5-14(12)20-11-3-4-11)15(19)13(17)9-18-6-1-7-18;14-11-4-3-10(19-11)7-1-2-9-8(5-7)6-18-15-12(9)13(16)17/h2-3,6-9,12-13,19,22,27,34H,1,4-5,10-11,14-15H2,(H,31,35);2,5,8,11,13,15,19H,1,3-4,6-7,9,17H2;1-5H,6H2,(H,16,17)/t22-,27-;13-,15-;/m11./s1. The molecule has 4 aromatic carbocycles. The summed E-state index contributed by atoms with van der Waals surface area (Å²) in [6.07, 6.45) is 4.33. The number of thiophene rings is 2. The Morgan fingerprint density at radius 1 is 0.675 bits per heavy atom. The number of nitrogens with two attached hydrogens (primary N) is 1. The summed E-state index contributed by atoms with van der Waals surface area (Å²) in [7, 11) is 0. The molecule has 2 saturated heterocycles. The molecule has 21 heteroatoms. The predicted molar refractivity (Wildman–Crippen MR) is 292 cm³/mol. The van der Waals surface area contributed by atoms with Gasteiger partial charge in [0.25, 0.3) is 5.91 Å². The highest BCUT2D eigenvalue weighted by atomic mass is 35.5. The van der Waals surface area contributed by atoms with Gasteiger partial charge in [-0.05, 0) is 148 Å². The van der Waals surface area contributed by atoms with Crippen LogP contribution in [-0.4, -0.2) is 112 Å². The van der Waals surface area contributed by atoms with Crippen molar-refractivity contribution in [2.24, 2.45) is 16.0 Å². The van der Waals surface area contributed by atoms with Crippen LogP contribution < -0.4 is 20.5 Å². The van der Waals surface area contributed by atoms with E-state index in [1.807, 2.05) is 54.6 Å².